The van der Waals surface area contributed by atoms with Crippen LogP contribution in [0.25, 0.3) is 0 Å². The number of hydrogen-bond donors (Lipinski definition) is 5. The average Bonchev–Trinajstić information content (AvgIpc) is 3.55. The van der Waals surface area contributed by atoms with Crippen molar-refractivity contribution in [2.75, 3.05) is 13.2 Å². The summed E-state index contributed by atoms with van der Waals surface area (Å²) >= 11 is 0. The third-order valence-electron chi connectivity index (χ3n) is 9.86. The van der Waals surface area contributed by atoms with Gasteiger partial charge in [-0.3, -0.25) is 19.2 Å². The molecule has 0 aromatic heterocycles. The van der Waals surface area contributed by atoms with Gasteiger partial charge in [0.1, 0.15) is 18.7 Å². The smallest absolute Gasteiger partial charge is 0.407 e. The molecule has 0 bridgehead atoms. The largest absolute Gasteiger partial charge is 0.447 e. The van der Waals surface area contributed by atoms with E-state index in [4.69, 9.17) is 10.5 Å². The van der Waals surface area contributed by atoms with Crippen molar-refractivity contribution in [3.63, 3.8) is 0 Å². The Hall–Kier alpha value is -4.42. The molecule has 2 aliphatic carbocycles. The minimum Gasteiger partial charge on any atom is -0.447 e. The fraction of sp³-hybridized carbons (Fsp3) is 0.622. The minimum absolute atomic E-state index is 0.0227. The lowest BCUT2D eigenvalue weighted by Crippen LogP contribution is -2.60. The first-order valence-corrected chi connectivity index (χ1v) is 17.6. The second kappa shape index (κ2) is 16.1. The number of fused-ring (bicyclic) bond motifs is 1. The molecule has 50 heavy (non-hydrogen) atoms. The molecule has 1 aromatic rings. The quantitative estimate of drug-likeness (QED) is 0.146. The summed E-state index contributed by atoms with van der Waals surface area (Å²) in [5, 5.41) is 11.2. The van der Waals surface area contributed by atoms with Gasteiger partial charge < -0.3 is 36.6 Å². The third-order valence-corrected chi connectivity index (χ3v) is 9.86. The Bertz CT molecular complexity index is 1460. The van der Waals surface area contributed by atoms with Crippen LogP contribution in [0.3, 0.4) is 0 Å². The number of urea groups is 1. The maximum atomic E-state index is 14.7. The Balaban J connectivity index is 1.56. The molecule has 0 spiro atoms. The molecule has 0 radical (unpaired) electrons. The third kappa shape index (κ3) is 10.1. The first-order chi connectivity index (χ1) is 23.4. The number of hydrogen-bond acceptors (Lipinski definition) is 7. The second-order valence-electron chi connectivity index (χ2n) is 15.5. The van der Waals surface area contributed by atoms with Gasteiger partial charge in [0, 0.05) is 12.1 Å². The number of nitrogens with two attached hydrogens (primary N) is 1. The van der Waals surface area contributed by atoms with E-state index < -0.39 is 65.3 Å². The molecule has 5 atom stereocenters. The molecular weight excluding hydrogens is 640 g/mol. The molecule has 1 aromatic carbocycles. The Morgan fingerprint density at radius 3 is 2.10 bits per heavy atom. The Morgan fingerprint density at radius 1 is 0.960 bits per heavy atom. The zero-order valence-corrected chi connectivity index (χ0v) is 30.2. The van der Waals surface area contributed by atoms with Crippen LogP contribution in [0, 0.1) is 23.7 Å². The lowest BCUT2D eigenvalue weighted by Gasteiger charge is -2.34. The summed E-state index contributed by atoms with van der Waals surface area (Å²) < 4.78 is 5.36. The van der Waals surface area contributed by atoms with Crippen molar-refractivity contribution >= 4 is 35.6 Å². The molecule has 1 heterocycles. The fourth-order valence-electron chi connectivity index (χ4n) is 6.98. The molecule has 1 aliphatic heterocycles. The maximum Gasteiger partial charge on any atom is 0.407 e. The first kappa shape index (κ1) is 38.4. The minimum atomic E-state index is -1.11. The van der Waals surface area contributed by atoms with Gasteiger partial charge in [-0.2, -0.15) is 0 Å². The van der Waals surface area contributed by atoms with Crippen LogP contribution in [-0.4, -0.2) is 83.4 Å². The van der Waals surface area contributed by atoms with Crippen molar-refractivity contribution < 1.29 is 33.5 Å². The molecule has 2 fully saturated rings. The predicted octanol–water partition coefficient (Wildman–Crippen LogP) is 2.75. The molecule has 1 saturated heterocycles. The molecule has 6 amide bonds. The second-order valence-corrected chi connectivity index (χ2v) is 15.5. The molecule has 13 nitrogen and oxygen atoms in total. The normalized spacial score (nSPS) is 20.7. The van der Waals surface area contributed by atoms with Crippen molar-refractivity contribution in [1.29, 1.82) is 0 Å². The van der Waals surface area contributed by atoms with Crippen molar-refractivity contribution in [1.82, 2.24) is 26.2 Å². The number of nitrogens with one attached hydrogen (secondary N) is 4. The molecule has 2 unspecified atom stereocenters. The van der Waals surface area contributed by atoms with Crippen molar-refractivity contribution in [2.45, 2.75) is 110 Å². The molecule has 3 aliphatic rings. The van der Waals surface area contributed by atoms with Gasteiger partial charge in [0.2, 0.25) is 17.6 Å². The van der Waals surface area contributed by atoms with Crippen molar-refractivity contribution in [3.8, 4) is 0 Å². The topological polar surface area (TPSA) is 189 Å². The van der Waals surface area contributed by atoms with Gasteiger partial charge in [-0.15, -0.1) is 0 Å². The standard InChI is InChI=1S/C37H54N6O7/c1-20(2)26-14-15-43(30(26)33(46)39-27(16-22-12-13-22)31(44)32(38)45)34(47)29(25-17-23-10-8-9-11-24(23)18-25)41-35(48)40-28(21(3)4)19-50-36(49)42-37(5,6)7/h8-11,20,22,25-30H,3,12-19H2,1-2,4-7H3,(H2,38,45)(H,39,46)(H,42,49)(H2,40,41,48)/t26?,27?,28-,29+,30+/m1/s1. The van der Waals surface area contributed by atoms with E-state index in [2.05, 4.69) is 27.8 Å². The van der Waals surface area contributed by atoms with E-state index in [1.54, 1.807) is 6.92 Å². The maximum absolute atomic E-state index is 14.7. The Labute approximate surface area is 294 Å². The summed E-state index contributed by atoms with van der Waals surface area (Å²) in [5.41, 5.74) is 7.53. The summed E-state index contributed by atoms with van der Waals surface area (Å²) in [4.78, 5) is 80.7. The summed E-state index contributed by atoms with van der Waals surface area (Å²) in [6.07, 6.45) is 3.12. The van der Waals surface area contributed by atoms with E-state index >= 15 is 0 Å². The Kier molecular flexibility index (Phi) is 12.3. The SMILES string of the molecule is C=C(C)[C@@H](COC(=O)NC(C)(C)C)NC(=O)N[C@H](C(=O)N1CCC(C(C)C)[C@H]1C(=O)NC(CC1CC1)C(=O)C(N)=O)C1Cc2ccccc2C1. The van der Waals surface area contributed by atoms with Crippen molar-refractivity contribution in [2.24, 2.45) is 29.4 Å². The van der Waals surface area contributed by atoms with E-state index in [0.29, 0.717) is 31.3 Å². The summed E-state index contributed by atoms with van der Waals surface area (Å²) in [6.45, 7) is 15.2. The number of alkyl carbamates (subject to hydrolysis) is 1. The monoisotopic (exact) mass is 694 g/mol. The highest BCUT2D eigenvalue weighted by Gasteiger charge is 2.48. The van der Waals surface area contributed by atoms with Gasteiger partial charge in [0.15, 0.2) is 0 Å². The van der Waals surface area contributed by atoms with Gasteiger partial charge in [0.05, 0.1) is 12.1 Å². The highest BCUT2D eigenvalue weighted by molar-refractivity contribution is 6.37. The van der Waals surface area contributed by atoms with Crippen LogP contribution in [-0.2, 0) is 36.8 Å². The number of nitrogens with zero attached hydrogens (tertiary/aromatic N) is 1. The van der Waals surface area contributed by atoms with Crippen LogP contribution in [0.5, 0.6) is 0 Å². The van der Waals surface area contributed by atoms with Gasteiger partial charge in [-0.25, -0.2) is 9.59 Å². The number of benzene rings is 1. The van der Waals surface area contributed by atoms with Crippen LogP contribution < -0.4 is 27.0 Å². The first-order valence-electron chi connectivity index (χ1n) is 17.6. The summed E-state index contributed by atoms with van der Waals surface area (Å²) in [7, 11) is 0. The number of rotatable bonds is 14. The van der Waals surface area contributed by atoms with Crippen LogP contribution >= 0.6 is 0 Å². The zero-order valence-electron chi connectivity index (χ0n) is 30.2. The number of carbonyl (C=O) groups excluding carboxylic acids is 6. The highest BCUT2D eigenvalue weighted by atomic mass is 16.5. The molecule has 4 rings (SSSR count). The van der Waals surface area contributed by atoms with Crippen molar-refractivity contribution in [3.05, 3.63) is 47.5 Å². The lowest BCUT2D eigenvalue weighted by molar-refractivity contribution is -0.143. The molecule has 1 saturated carbocycles. The fourth-order valence-corrected chi connectivity index (χ4v) is 6.98. The van der Waals surface area contributed by atoms with E-state index in [-0.39, 0.29) is 36.8 Å². The van der Waals surface area contributed by atoms with Gasteiger partial charge >= 0.3 is 12.1 Å². The number of ether oxygens (including phenoxy) is 1. The summed E-state index contributed by atoms with van der Waals surface area (Å²) in [5.74, 6) is -3.16. The number of ketones is 1. The molecule has 13 heteroatoms. The molecule has 274 valence electrons. The van der Waals surface area contributed by atoms with E-state index in [9.17, 15) is 28.8 Å². The summed E-state index contributed by atoms with van der Waals surface area (Å²) in [6, 6.07) is 3.51. The number of amides is 6. The predicted molar refractivity (Wildman–Crippen MR) is 188 cm³/mol. The number of likely N-dealkylation sites (tertiary alicyclic amines) is 1. The van der Waals surface area contributed by atoms with Crippen LogP contribution in [0.1, 0.15) is 78.4 Å². The van der Waals surface area contributed by atoms with E-state index in [1.165, 1.54) is 4.90 Å². The van der Waals surface area contributed by atoms with E-state index in [0.717, 1.165) is 24.0 Å². The van der Waals surface area contributed by atoms with Gasteiger partial charge in [0.25, 0.3) is 5.91 Å². The average molecular weight is 695 g/mol. The van der Waals surface area contributed by atoms with Gasteiger partial charge in [-0.05, 0) is 88.2 Å². The number of carbonyl (C=O) groups is 6. The zero-order chi connectivity index (χ0) is 36.9. The molecule has 6 N–H and O–H groups in total. The van der Waals surface area contributed by atoms with E-state index in [1.807, 2.05) is 58.9 Å². The highest BCUT2D eigenvalue weighted by Crippen LogP contribution is 2.36. The van der Waals surface area contributed by atoms with Crippen LogP contribution in [0.15, 0.2) is 36.4 Å². The number of Topliss-reactive ketones (excluding diaryl/α,β-unsaturated/α-hetero) is 1. The molecular formula is C37H54N6O7. The Morgan fingerprint density at radius 2 is 1.58 bits per heavy atom. The number of primary amides is 1. The van der Waals surface area contributed by atoms with Crippen LogP contribution in [0.4, 0.5) is 9.59 Å². The van der Waals surface area contributed by atoms with Crippen LogP contribution in [0.2, 0.25) is 0 Å². The van der Waals surface area contributed by atoms with Gasteiger partial charge in [-0.1, -0.05) is 63.1 Å². The lowest BCUT2D eigenvalue weighted by atomic mass is 9.87.